The molecule has 0 atom stereocenters. The van der Waals surface area contributed by atoms with Crippen molar-refractivity contribution in [1.82, 2.24) is 14.8 Å². The van der Waals surface area contributed by atoms with Crippen LogP contribution in [0.1, 0.15) is 39.1 Å². The lowest BCUT2D eigenvalue weighted by Crippen LogP contribution is -2.51. The lowest BCUT2D eigenvalue weighted by molar-refractivity contribution is -0.136. The number of piperidine rings is 1. The molecule has 8 nitrogen and oxygen atoms in total. The van der Waals surface area contributed by atoms with Crippen molar-refractivity contribution < 1.29 is 14.4 Å². The summed E-state index contributed by atoms with van der Waals surface area (Å²) in [6, 6.07) is 16.9. The Balaban J connectivity index is 1.08. The molecule has 2 aromatic carbocycles. The number of anilines is 2. The summed E-state index contributed by atoms with van der Waals surface area (Å²) in [6.45, 7) is 4.43. The van der Waals surface area contributed by atoms with Gasteiger partial charge in [-0.1, -0.05) is 29.8 Å². The van der Waals surface area contributed by atoms with E-state index in [0.29, 0.717) is 37.3 Å². The van der Waals surface area contributed by atoms with Crippen molar-refractivity contribution in [2.24, 2.45) is 5.92 Å². The van der Waals surface area contributed by atoms with Crippen LogP contribution in [0.3, 0.4) is 0 Å². The van der Waals surface area contributed by atoms with E-state index in [1.54, 1.807) is 18.5 Å². The molecule has 2 saturated heterocycles. The number of carbonyl (C=O) groups excluding carboxylic acids is 3. The summed E-state index contributed by atoms with van der Waals surface area (Å²) in [7, 11) is 0. The molecule has 39 heavy (non-hydrogen) atoms. The first kappa shape index (κ1) is 25.4. The molecule has 2 fully saturated rings. The molecule has 0 aliphatic carbocycles. The lowest BCUT2D eigenvalue weighted by Gasteiger charge is -2.40. The maximum atomic E-state index is 13.4. The Morgan fingerprint density at radius 2 is 1.46 bits per heavy atom. The van der Waals surface area contributed by atoms with Gasteiger partial charge >= 0.3 is 0 Å². The van der Waals surface area contributed by atoms with Crippen LogP contribution in [0.5, 0.6) is 0 Å². The summed E-state index contributed by atoms with van der Waals surface area (Å²) < 4.78 is 0. The van der Waals surface area contributed by atoms with Gasteiger partial charge in [-0.15, -0.1) is 0 Å². The van der Waals surface area contributed by atoms with Gasteiger partial charge < -0.3 is 14.7 Å². The van der Waals surface area contributed by atoms with Gasteiger partial charge in [-0.3, -0.25) is 24.3 Å². The number of piperazine rings is 1. The standard InChI is InChI=1S/C30H30ClN5O3/c31-24-5-1-2-6-25(24)34-16-18-35(19-17-34)28(37)22-10-14-33(15-11-22)26-7-3-4-23-27(26)30(39)36(29(23)38)20-21-8-12-32-13-9-21/h1-9,12-13,22H,10-11,14-20H2. The molecule has 0 bridgehead atoms. The Bertz CT molecular complexity index is 1400. The minimum atomic E-state index is -0.269. The molecular formula is C30H30ClN5O3. The second-order valence-electron chi connectivity index (χ2n) is 10.3. The van der Waals surface area contributed by atoms with Gasteiger partial charge in [0.1, 0.15) is 0 Å². The molecule has 0 N–H and O–H groups in total. The van der Waals surface area contributed by atoms with Crippen molar-refractivity contribution in [2.45, 2.75) is 19.4 Å². The van der Waals surface area contributed by atoms with Gasteiger partial charge in [-0.25, -0.2) is 0 Å². The number of benzene rings is 2. The zero-order valence-corrected chi connectivity index (χ0v) is 22.4. The third-order valence-corrected chi connectivity index (χ3v) is 8.36. The first-order valence-electron chi connectivity index (χ1n) is 13.4. The predicted molar refractivity (Wildman–Crippen MR) is 150 cm³/mol. The van der Waals surface area contributed by atoms with Crippen LogP contribution in [0.4, 0.5) is 11.4 Å². The third-order valence-electron chi connectivity index (χ3n) is 8.04. The van der Waals surface area contributed by atoms with Gasteiger partial charge in [-0.05, 0) is 54.8 Å². The van der Waals surface area contributed by atoms with Crippen LogP contribution in [0.15, 0.2) is 67.0 Å². The molecule has 0 unspecified atom stereocenters. The second kappa shape index (κ2) is 10.7. The van der Waals surface area contributed by atoms with Crippen LogP contribution < -0.4 is 9.80 Å². The van der Waals surface area contributed by atoms with Crippen molar-refractivity contribution in [3.05, 3.63) is 88.7 Å². The molecule has 3 aliphatic rings. The highest BCUT2D eigenvalue weighted by Gasteiger charge is 2.39. The number of para-hydroxylation sites is 1. The number of fused-ring (bicyclic) bond motifs is 1. The fourth-order valence-corrected chi connectivity index (χ4v) is 6.15. The van der Waals surface area contributed by atoms with Gasteiger partial charge in [0, 0.05) is 57.6 Å². The molecule has 9 heteroatoms. The number of nitrogens with zero attached hydrogens (tertiary/aromatic N) is 5. The first-order valence-corrected chi connectivity index (χ1v) is 13.8. The molecule has 0 spiro atoms. The van der Waals surface area contributed by atoms with Gasteiger partial charge in [0.15, 0.2) is 0 Å². The predicted octanol–water partition coefficient (Wildman–Crippen LogP) is 4.10. The SMILES string of the molecule is O=C(C1CCN(c2cccc3c2C(=O)N(Cc2ccncc2)C3=O)CC1)N1CCN(c2ccccc2Cl)CC1. The van der Waals surface area contributed by atoms with Crippen molar-refractivity contribution in [3.63, 3.8) is 0 Å². The molecular weight excluding hydrogens is 514 g/mol. The number of amides is 3. The molecule has 200 valence electrons. The normalized spacial score (nSPS) is 18.1. The van der Waals surface area contributed by atoms with Gasteiger partial charge in [0.05, 0.1) is 34.1 Å². The van der Waals surface area contributed by atoms with Crippen LogP contribution in [-0.4, -0.2) is 71.8 Å². The van der Waals surface area contributed by atoms with E-state index >= 15 is 0 Å². The van der Waals surface area contributed by atoms with E-state index in [9.17, 15) is 14.4 Å². The number of carbonyl (C=O) groups is 3. The molecule has 4 heterocycles. The highest BCUT2D eigenvalue weighted by atomic mass is 35.5. The number of rotatable bonds is 5. The zero-order chi connectivity index (χ0) is 26.9. The van der Waals surface area contributed by atoms with Crippen molar-refractivity contribution in [2.75, 3.05) is 49.1 Å². The van der Waals surface area contributed by atoms with Crippen LogP contribution in [0.25, 0.3) is 0 Å². The summed E-state index contributed by atoms with van der Waals surface area (Å²) >= 11 is 6.37. The molecule has 3 amide bonds. The number of aromatic nitrogens is 1. The Labute approximate surface area is 232 Å². The van der Waals surface area contributed by atoms with Crippen LogP contribution in [0, 0.1) is 5.92 Å². The maximum absolute atomic E-state index is 13.4. The Kier molecular flexibility index (Phi) is 6.95. The van der Waals surface area contributed by atoms with E-state index < -0.39 is 0 Å². The molecule has 0 saturated carbocycles. The quantitative estimate of drug-likeness (QED) is 0.451. The number of imide groups is 1. The largest absolute Gasteiger partial charge is 0.371 e. The number of hydrogen-bond donors (Lipinski definition) is 0. The average Bonchev–Trinajstić information content (AvgIpc) is 3.23. The monoisotopic (exact) mass is 543 g/mol. The Morgan fingerprint density at radius 3 is 2.18 bits per heavy atom. The molecule has 6 rings (SSSR count). The Morgan fingerprint density at radius 1 is 0.795 bits per heavy atom. The van der Waals surface area contributed by atoms with E-state index in [2.05, 4.69) is 14.8 Å². The lowest BCUT2D eigenvalue weighted by atomic mass is 9.93. The first-order chi connectivity index (χ1) is 19.0. The highest BCUT2D eigenvalue weighted by Crippen LogP contribution is 2.35. The van der Waals surface area contributed by atoms with Crippen molar-refractivity contribution in [1.29, 1.82) is 0 Å². The van der Waals surface area contributed by atoms with Gasteiger partial charge in [0.25, 0.3) is 11.8 Å². The molecule has 3 aliphatic heterocycles. The zero-order valence-electron chi connectivity index (χ0n) is 21.6. The van der Waals surface area contributed by atoms with Crippen LogP contribution >= 0.6 is 11.6 Å². The molecule has 0 radical (unpaired) electrons. The Hall–Kier alpha value is -3.91. The van der Waals surface area contributed by atoms with E-state index in [4.69, 9.17) is 11.6 Å². The number of halogens is 1. The van der Waals surface area contributed by atoms with Crippen molar-refractivity contribution in [3.8, 4) is 0 Å². The minimum absolute atomic E-state index is 0.0367. The smallest absolute Gasteiger partial charge is 0.263 e. The third kappa shape index (κ3) is 4.85. The fourth-order valence-electron chi connectivity index (χ4n) is 5.90. The molecule has 3 aromatic rings. The topological polar surface area (TPSA) is 77.1 Å². The minimum Gasteiger partial charge on any atom is -0.371 e. The number of hydrogen-bond acceptors (Lipinski definition) is 6. The highest BCUT2D eigenvalue weighted by molar-refractivity contribution is 6.33. The second-order valence-corrected chi connectivity index (χ2v) is 10.7. The fraction of sp³-hybridized carbons (Fsp3) is 0.333. The van der Waals surface area contributed by atoms with E-state index in [0.717, 1.165) is 47.9 Å². The van der Waals surface area contributed by atoms with E-state index in [-0.39, 0.29) is 30.2 Å². The summed E-state index contributed by atoms with van der Waals surface area (Å²) in [4.78, 5) is 51.5. The summed E-state index contributed by atoms with van der Waals surface area (Å²) in [5.74, 6) is -0.362. The summed E-state index contributed by atoms with van der Waals surface area (Å²) in [6.07, 6.45) is 4.75. The van der Waals surface area contributed by atoms with Crippen LogP contribution in [-0.2, 0) is 11.3 Å². The van der Waals surface area contributed by atoms with Crippen molar-refractivity contribution >= 4 is 40.7 Å². The summed E-state index contributed by atoms with van der Waals surface area (Å²) in [5.41, 5.74) is 3.57. The maximum Gasteiger partial charge on any atom is 0.263 e. The average molecular weight is 544 g/mol. The molecule has 1 aromatic heterocycles. The van der Waals surface area contributed by atoms with Gasteiger partial charge in [-0.2, -0.15) is 0 Å². The van der Waals surface area contributed by atoms with E-state index in [1.165, 1.54) is 4.90 Å². The van der Waals surface area contributed by atoms with Crippen LogP contribution in [0.2, 0.25) is 5.02 Å². The van der Waals surface area contributed by atoms with E-state index in [1.807, 2.05) is 53.4 Å². The number of pyridine rings is 1. The summed E-state index contributed by atoms with van der Waals surface area (Å²) in [5, 5.41) is 0.734. The van der Waals surface area contributed by atoms with Gasteiger partial charge in [0.2, 0.25) is 5.91 Å².